The predicted molar refractivity (Wildman–Crippen MR) is 219 cm³/mol. The maximum atomic E-state index is 6.11. The monoisotopic (exact) mass is 681 g/mol. The van der Waals surface area contributed by atoms with Crippen LogP contribution in [0.25, 0.3) is 79.1 Å². The van der Waals surface area contributed by atoms with Crippen molar-refractivity contribution >= 4 is 45.1 Å². The molecule has 3 aromatic heterocycles. The van der Waals surface area contributed by atoms with E-state index in [9.17, 15) is 0 Å². The van der Waals surface area contributed by atoms with Gasteiger partial charge in [-0.2, -0.15) is 0 Å². The summed E-state index contributed by atoms with van der Waals surface area (Å²) in [5.74, 6) is 0.802. The number of oxazole rings is 1. The van der Waals surface area contributed by atoms with Crippen molar-refractivity contribution < 1.29 is 4.42 Å². The zero-order valence-corrected chi connectivity index (χ0v) is 29.0. The highest BCUT2D eigenvalue weighted by Gasteiger charge is 2.27. The van der Waals surface area contributed by atoms with E-state index in [1.807, 2.05) is 30.3 Å². The van der Waals surface area contributed by atoms with Crippen molar-refractivity contribution in [3.63, 3.8) is 0 Å². The summed E-state index contributed by atoms with van der Waals surface area (Å²) in [6.07, 6.45) is 11.2. The van der Waals surface area contributed by atoms with Gasteiger partial charge in [-0.15, -0.1) is 0 Å². The van der Waals surface area contributed by atoms with Gasteiger partial charge in [0.2, 0.25) is 5.89 Å². The Morgan fingerprint density at radius 1 is 0.642 bits per heavy atom. The van der Waals surface area contributed by atoms with Gasteiger partial charge >= 0.3 is 0 Å². The van der Waals surface area contributed by atoms with Gasteiger partial charge in [-0.1, -0.05) is 128 Å². The average Bonchev–Trinajstić information content (AvgIpc) is 3.92. The van der Waals surface area contributed by atoms with Crippen LogP contribution in [0.3, 0.4) is 0 Å². The molecular weight excluding hydrogens is 647 g/mol. The van der Waals surface area contributed by atoms with E-state index in [1.54, 1.807) is 0 Å². The summed E-state index contributed by atoms with van der Waals surface area (Å²) in [5.41, 5.74) is 10.8. The molecule has 0 fully saturated rings. The van der Waals surface area contributed by atoms with Gasteiger partial charge in [-0.25, -0.2) is 4.98 Å². The fourth-order valence-corrected chi connectivity index (χ4v) is 8.14. The summed E-state index contributed by atoms with van der Waals surface area (Å²) in [4.78, 5) is 4.74. The minimum atomic E-state index is 0.0814. The minimum Gasteiger partial charge on any atom is -0.436 e. The Kier molecular flexibility index (Phi) is 7.40. The van der Waals surface area contributed by atoms with E-state index < -0.39 is 0 Å². The largest absolute Gasteiger partial charge is 0.436 e. The highest BCUT2D eigenvalue weighted by Crippen LogP contribution is 2.40. The molecule has 0 saturated heterocycles. The van der Waals surface area contributed by atoms with Gasteiger partial charge in [0.15, 0.2) is 5.58 Å². The first kappa shape index (κ1) is 30.9. The topological polar surface area (TPSA) is 35.9 Å². The van der Waals surface area contributed by atoms with Crippen molar-refractivity contribution in [2.24, 2.45) is 5.92 Å². The molecule has 0 saturated carbocycles. The fraction of sp³-hybridized carbons (Fsp3) is 0.0408. The maximum absolute atomic E-state index is 6.11. The molecule has 9 aromatic rings. The lowest BCUT2D eigenvalue weighted by Crippen LogP contribution is -2.34. The lowest BCUT2D eigenvalue weighted by atomic mass is 9.79. The summed E-state index contributed by atoms with van der Waals surface area (Å²) >= 11 is 0. The molecule has 1 aliphatic carbocycles. The van der Waals surface area contributed by atoms with Gasteiger partial charge in [-0.3, -0.25) is 0 Å². The van der Waals surface area contributed by atoms with Gasteiger partial charge in [0.25, 0.3) is 0 Å². The summed E-state index contributed by atoms with van der Waals surface area (Å²) in [7, 11) is 0. The van der Waals surface area contributed by atoms with Crippen molar-refractivity contribution in [3.8, 4) is 34.1 Å². The van der Waals surface area contributed by atoms with Crippen molar-refractivity contribution in [2.75, 3.05) is 0 Å². The van der Waals surface area contributed by atoms with Crippen LogP contribution in [0.5, 0.6) is 0 Å². The minimum absolute atomic E-state index is 0.0814. The van der Waals surface area contributed by atoms with Crippen LogP contribution in [0.1, 0.15) is 11.5 Å². The highest BCUT2D eigenvalue weighted by atomic mass is 16.3. The molecule has 3 heterocycles. The van der Waals surface area contributed by atoms with E-state index in [4.69, 9.17) is 9.40 Å². The van der Waals surface area contributed by atoms with E-state index >= 15 is 0 Å². The summed E-state index contributed by atoms with van der Waals surface area (Å²) < 4.78 is 10.9. The van der Waals surface area contributed by atoms with E-state index in [-0.39, 0.29) is 11.8 Å². The average molecular weight is 682 g/mol. The van der Waals surface area contributed by atoms with Crippen LogP contribution in [0, 0.1) is 5.92 Å². The van der Waals surface area contributed by atoms with E-state index in [2.05, 4.69) is 173 Å². The fourth-order valence-electron chi connectivity index (χ4n) is 8.14. The third kappa shape index (κ3) is 5.18. The molecule has 4 nitrogen and oxygen atoms in total. The third-order valence-electron chi connectivity index (χ3n) is 10.5. The molecule has 53 heavy (non-hydrogen) atoms. The van der Waals surface area contributed by atoms with Gasteiger partial charge < -0.3 is 13.6 Å². The number of fused-ring (bicyclic) bond motifs is 5. The van der Waals surface area contributed by atoms with Crippen molar-refractivity contribution in [3.05, 3.63) is 199 Å². The number of aromatic nitrogens is 3. The highest BCUT2D eigenvalue weighted by molar-refractivity contribution is 5.91. The molecule has 2 unspecified atom stereocenters. The van der Waals surface area contributed by atoms with E-state index in [1.165, 1.54) is 38.0 Å². The first-order valence-corrected chi connectivity index (χ1v) is 18.1. The second-order valence-corrected chi connectivity index (χ2v) is 13.6. The molecule has 0 bridgehead atoms. The molecule has 10 rings (SSSR count). The molecule has 2 atom stereocenters. The maximum Gasteiger partial charge on any atom is 0.227 e. The molecule has 0 N–H and O–H groups in total. The number of hydrogen-bond acceptors (Lipinski definition) is 2. The second kappa shape index (κ2) is 12.7. The summed E-state index contributed by atoms with van der Waals surface area (Å²) in [6, 6.07) is 55.8. The molecule has 0 amide bonds. The number of para-hydroxylation sites is 5. The molecule has 252 valence electrons. The van der Waals surface area contributed by atoms with Gasteiger partial charge in [-0.05, 0) is 72.3 Å². The smallest absolute Gasteiger partial charge is 0.227 e. The first-order valence-electron chi connectivity index (χ1n) is 18.1. The Bertz CT molecular complexity index is 2940. The quantitative estimate of drug-likeness (QED) is 0.157. The van der Waals surface area contributed by atoms with Crippen LogP contribution in [-0.2, 0) is 0 Å². The van der Waals surface area contributed by atoms with E-state index in [0.717, 1.165) is 39.2 Å². The molecule has 6 aromatic carbocycles. The van der Waals surface area contributed by atoms with Crippen LogP contribution in [0.15, 0.2) is 187 Å². The normalized spacial score (nSPS) is 15.5. The number of nitrogens with zero attached hydrogens (tertiary/aromatic N) is 3. The second-order valence-electron chi connectivity index (χ2n) is 13.6. The lowest BCUT2D eigenvalue weighted by Gasteiger charge is -2.25. The first-order chi connectivity index (χ1) is 26.2. The van der Waals surface area contributed by atoms with Gasteiger partial charge in [0.05, 0.1) is 22.1 Å². The van der Waals surface area contributed by atoms with Crippen LogP contribution < -0.4 is 10.6 Å². The number of benzene rings is 6. The van der Waals surface area contributed by atoms with Crippen molar-refractivity contribution in [2.45, 2.75) is 5.92 Å². The Labute approximate surface area is 307 Å². The molecule has 0 spiro atoms. The molecular formula is C49H35N3O. The molecule has 0 aliphatic heterocycles. The number of allylic oxidation sites excluding steroid dienone is 3. The predicted octanol–water partition coefficient (Wildman–Crippen LogP) is 10.8. The van der Waals surface area contributed by atoms with Crippen molar-refractivity contribution in [1.29, 1.82) is 0 Å². The number of hydrogen-bond donors (Lipinski definition) is 0. The Morgan fingerprint density at radius 2 is 1.36 bits per heavy atom. The SMILES string of the molecule is C=C/C=C\C1C=c2c(c3ccccc3n2-c2ccccc2)=CC1c1ccccc1-c1cc2ccccc2n1-c1ccc(-c2nc3ccccc3o2)cc1. The molecule has 1 aliphatic rings. The molecule has 0 radical (unpaired) electrons. The summed E-state index contributed by atoms with van der Waals surface area (Å²) in [6.45, 7) is 4.03. The standard InChI is InChI=1S/C49H35N3O/c1-2-3-15-34-30-47-42(40-21-10-13-24-45(40)52(47)36-17-5-4-6-18-36)32-41(34)38-19-8-9-20-39(38)46-31-35-16-7-12-23-44(35)51(46)37-28-26-33(27-29-37)49-50-43-22-11-14-25-48(43)53-49/h2-32,34,41H,1H2/b15-3-. The van der Waals surface area contributed by atoms with E-state index in [0.29, 0.717) is 5.89 Å². The van der Waals surface area contributed by atoms with Gasteiger partial charge in [0, 0.05) is 50.3 Å². The molecule has 4 heteroatoms. The van der Waals surface area contributed by atoms with Crippen LogP contribution >= 0.6 is 0 Å². The zero-order valence-electron chi connectivity index (χ0n) is 29.0. The summed E-state index contributed by atoms with van der Waals surface area (Å²) in [5, 5.41) is 4.93. The third-order valence-corrected chi connectivity index (χ3v) is 10.5. The lowest BCUT2D eigenvalue weighted by molar-refractivity contribution is 0.620. The number of rotatable bonds is 7. The van der Waals surface area contributed by atoms with Crippen LogP contribution in [-0.4, -0.2) is 14.1 Å². The van der Waals surface area contributed by atoms with Gasteiger partial charge in [0.1, 0.15) is 5.52 Å². The Morgan fingerprint density at radius 3 is 2.21 bits per heavy atom. The van der Waals surface area contributed by atoms with Crippen molar-refractivity contribution in [1.82, 2.24) is 14.1 Å². The van der Waals surface area contributed by atoms with Crippen LogP contribution in [0.2, 0.25) is 0 Å². The van der Waals surface area contributed by atoms with Crippen LogP contribution in [0.4, 0.5) is 0 Å². The Hall–Kier alpha value is -6.91. The zero-order chi connectivity index (χ0) is 35.3. The Balaban J connectivity index is 1.16.